The average Bonchev–Trinajstić information content (AvgIpc) is 2.92. The van der Waals surface area contributed by atoms with Crippen molar-refractivity contribution in [3.63, 3.8) is 0 Å². The maximum absolute atomic E-state index is 13.7. The lowest BCUT2D eigenvalue weighted by Gasteiger charge is -2.39. The van der Waals surface area contributed by atoms with Crippen molar-refractivity contribution >= 4 is 11.0 Å². The van der Waals surface area contributed by atoms with Crippen molar-refractivity contribution in [3.8, 4) is 40.1 Å². The van der Waals surface area contributed by atoms with Crippen molar-refractivity contribution in [2.75, 3.05) is 26.4 Å². The van der Waals surface area contributed by atoms with Crippen molar-refractivity contribution in [3.05, 3.63) is 40.6 Å². The second-order valence-corrected chi connectivity index (χ2v) is 8.68. The van der Waals surface area contributed by atoms with Gasteiger partial charge < -0.3 is 53.6 Å². The standard InChI is InChI=1S/C27H32O12/c1-4-34-16-9-13(7-8-15(16)29)25-26(36-6-3)22(31)20-17(35-5-2)10-14(11-18(20)38-25)37-27-24(33)23(32)21(30)19(12-28)39-27/h7-11,19,21,23-24,27-30,32-33H,4-6,12H2,1-3H3/t19?,21-,23?,24?,27+/m0/s1. The van der Waals surface area contributed by atoms with Crippen LogP contribution in [0.4, 0.5) is 0 Å². The smallest absolute Gasteiger partial charge is 0.239 e. The topological polar surface area (TPSA) is 178 Å². The van der Waals surface area contributed by atoms with Gasteiger partial charge in [-0.25, -0.2) is 0 Å². The Morgan fingerprint density at radius 2 is 1.56 bits per heavy atom. The van der Waals surface area contributed by atoms with Gasteiger partial charge in [-0.2, -0.15) is 0 Å². The largest absolute Gasteiger partial charge is 0.504 e. The van der Waals surface area contributed by atoms with E-state index in [0.717, 1.165) is 0 Å². The van der Waals surface area contributed by atoms with E-state index < -0.39 is 42.7 Å². The molecule has 0 spiro atoms. The minimum atomic E-state index is -1.65. The highest BCUT2D eigenvalue weighted by Crippen LogP contribution is 2.39. The van der Waals surface area contributed by atoms with Gasteiger partial charge in [-0.05, 0) is 39.0 Å². The molecule has 4 rings (SSSR count). The van der Waals surface area contributed by atoms with Gasteiger partial charge in [0.25, 0.3) is 0 Å². The van der Waals surface area contributed by atoms with Gasteiger partial charge in [0.05, 0.1) is 26.4 Å². The summed E-state index contributed by atoms with van der Waals surface area (Å²) in [4.78, 5) is 13.7. The average molecular weight is 549 g/mol. The van der Waals surface area contributed by atoms with E-state index in [4.69, 9.17) is 28.1 Å². The lowest BCUT2D eigenvalue weighted by Crippen LogP contribution is -2.60. The number of hydrogen-bond acceptors (Lipinski definition) is 12. The first-order valence-electron chi connectivity index (χ1n) is 12.6. The lowest BCUT2D eigenvalue weighted by atomic mass is 9.99. The third kappa shape index (κ3) is 5.60. The van der Waals surface area contributed by atoms with E-state index in [2.05, 4.69) is 0 Å². The van der Waals surface area contributed by atoms with Crippen molar-refractivity contribution < 1.29 is 53.6 Å². The Morgan fingerprint density at radius 1 is 0.872 bits per heavy atom. The Balaban J connectivity index is 1.86. The van der Waals surface area contributed by atoms with Gasteiger partial charge in [0, 0.05) is 17.7 Å². The summed E-state index contributed by atoms with van der Waals surface area (Å²) in [6.45, 7) is 5.25. The van der Waals surface area contributed by atoms with E-state index in [-0.39, 0.29) is 58.7 Å². The number of aromatic hydroxyl groups is 1. The first kappa shape index (κ1) is 28.5. The number of aliphatic hydroxyl groups excluding tert-OH is 4. The molecule has 5 N–H and O–H groups in total. The molecule has 0 saturated carbocycles. The van der Waals surface area contributed by atoms with Gasteiger partial charge in [-0.1, -0.05) is 0 Å². The number of benzene rings is 2. The Kier molecular flexibility index (Phi) is 8.83. The van der Waals surface area contributed by atoms with E-state index in [9.17, 15) is 30.3 Å². The van der Waals surface area contributed by atoms with Crippen LogP contribution in [0.25, 0.3) is 22.3 Å². The van der Waals surface area contributed by atoms with Crippen LogP contribution in [0.15, 0.2) is 39.5 Å². The second-order valence-electron chi connectivity index (χ2n) is 8.68. The van der Waals surface area contributed by atoms with Gasteiger partial charge in [0.15, 0.2) is 17.3 Å². The van der Waals surface area contributed by atoms with Crippen LogP contribution in [0, 0.1) is 0 Å². The van der Waals surface area contributed by atoms with E-state index in [1.165, 1.54) is 24.3 Å². The van der Waals surface area contributed by atoms with E-state index >= 15 is 0 Å². The predicted octanol–water partition coefficient (Wildman–Crippen LogP) is 1.54. The predicted molar refractivity (Wildman–Crippen MR) is 137 cm³/mol. The molecule has 1 aromatic heterocycles. The van der Waals surface area contributed by atoms with Gasteiger partial charge in [0.1, 0.15) is 46.9 Å². The molecule has 3 unspecified atom stereocenters. The van der Waals surface area contributed by atoms with E-state index in [1.807, 2.05) is 0 Å². The molecule has 2 aromatic carbocycles. The quantitative estimate of drug-likeness (QED) is 0.247. The number of phenolic OH excluding ortho intramolecular Hbond substituents is 1. The molecule has 39 heavy (non-hydrogen) atoms. The molecular weight excluding hydrogens is 516 g/mol. The summed E-state index contributed by atoms with van der Waals surface area (Å²) in [6, 6.07) is 7.24. The van der Waals surface area contributed by atoms with Crippen LogP contribution in [-0.4, -0.2) is 82.7 Å². The third-order valence-corrected chi connectivity index (χ3v) is 6.10. The molecule has 2 heterocycles. The summed E-state index contributed by atoms with van der Waals surface area (Å²) < 4.78 is 34.2. The van der Waals surface area contributed by atoms with E-state index in [1.54, 1.807) is 26.8 Å². The summed E-state index contributed by atoms with van der Waals surface area (Å²) in [5, 5.41) is 50.2. The zero-order chi connectivity index (χ0) is 28.3. The van der Waals surface area contributed by atoms with Crippen LogP contribution in [0.3, 0.4) is 0 Å². The monoisotopic (exact) mass is 548 g/mol. The highest BCUT2D eigenvalue weighted by Gasteiger charge is 2.44. The molecule has 0 bridgehead atoms. The van der Waals surface area contributed by atoms with E-state index in [0.29, 0.717) is 12.2 Å². The van der Waals surface area contributed by atoms with Crippen molar-refractivity contribution in [1.29, 1.82) is 0 Å². The first-order valence-corrected chi connectivity index (χ1v) is 12.6. The molecule has 12 heteroatoms. The van der Waals surface area contributed by atoms with Crippen LogP contribution >= 0.6 is 0 Å². The van der Waals surface area contributed by atoms with Crippen molar-refractivity contribution in [2.24, 2.45) is 0 Å². The number of ether oxygens (including phenoxy) is 5. The normalized spacial score (nSPS) is 23.0. The second kappa shape index (κ2) is 12.1. The molecular formula is C27H32O12. The maximum Gasteiger partial charge on any atom is 0.239 e. The zero-order valence-corrected chi connectivity index (χ0v) is 21.7. The van der Waals surface area contributed by atoms with Crippen LogP contribution in [0.1, 0.15) is 20.8 Å². The first-order chi connectivity index (χ1) is 18.7. The number of phenols is 1. The summed E-state index contributed by atoms with van der Waals surface area (Å²) in [6.07, 6.45) is -7.48. The maximum atomic E-state index is 13.7. The molecule has 5 atom stereocenters. The zero-order valence-electron chi connectivity index (χ0n) is 21.7. The lowest BCUT2D eigenvalue weighted by molar-refractivity contribution is -0.277. The fourth-order valence-corrected chi connectivity index (χ4v) is 4.27. The molecule has 212 valence electrons. The molecule has 1 aliphatic rings. The third-order valence-electron chi connectivity index (χ3n) is 6.10. The molecule has 3 aromatic rings. The van der Waals surface area contributed by atoms with Crippen molar-refractivity contribution in [1.82, 2.24) is 0 Å². The molecule has 0 radical (unpaired) electrons. The summed E-state index contributed by atoms with van der Waals surface area (Å²) >= 11 is 0. The molecule has 1 aliphatic heterocycles. The minimum absolute atomic E-state index is 0.0502. The van der Waals surface area contributed by atoms with Gasteiger partial charge in [-0.3, -0.25) is 4.79 Å². The highest BCUT2D eigenvalue weighted by atomic mass is 16.7. The molecule has 12 nitrogen and oxygen atoms in total. The van der Waals surface area contributed by atoms with Gasteiger partial charge in [0.2, 0.25) is 17.5 Å². The Hall–Kier alpha value is -3.55. The number of fused-ring (bicyclic) bond motifs is 1. The van der Waals surface area contributed by atoms with Gasteiger partial charge in [-0.15, -0.1) is 0 Å². The number of aliphatic hydroxyl groups is 4. The highest BCUT2D eigenvalue weighted by molar-refractivity contribution is 5.88. The fraction of sp³-hybridized carbons (Fsp3) is 0.444. The SMILES string of the molecule is CCOc1cc(-c2oc3cc(O[C@@H]4OC(CO)[C@H](O)C(O)C4O)cc(OCC)c3c(=O)c2OCC)ccc1O. The molecule has 1 saturated heterocycles. The Bertz CT molecular complexity index is 1350. The Morgan fingerprint density at radius 3 is 2.23 bits per heavy atom. The van der Waals surface area contributed by atoms with Gasteiger partial charge >= 0.3 is 0 Å². The molecule has 1 fully saturated rings. The minimum Gasteiger partial charge on any atom is -0.504 e. The summed E-state index contributed by atoms with van der Waals surface area (Å²) in [5.41, 5.74) is -0.0612. The summed E-state index contributed by atoms with van der Waals surface area (Å²) in [7, 11) is 0. The number of hydrogen-bond donors (Lipinski definition) is 5. The van der Waals surface area contributed by atoms with Crippen LogP contribution in [0.5, 0.6) is 28.7 Å². The fourth-order valence-electron chi connectivity index (χ4n) is 4.27. The van der Waals surface area contributed by atoms with Crippen LogP contribution in [0.2, 0.25) is 0 Å². The summed E-state index contributed by atoms with van der Waals surface area (Å²) in [5.74, 6) is 0.265. The molecule has 0 amide bonds. The number of rotatable bonds is 10. The Labute approximate surface area is 223 Å². The van der Waals surface area contributed by atoms with Crippen molar-refractivity contribution in [2.45, 2.75) is 51.5 Å². The van der Waals surface area contributed by atoms with Crippen LogP contribution in [-0.2, 0) is 4.74 Å². The van der Waals surface area contributed by atoms with Crippen LogP contribution < -0.4 is 24.4 Å². The molecule has 0 aliphatic carbocycles.